The number of hydrogen-bond donors (Lipinski definition) is 1. The SMILES string of the molecule is CCc1ccc(C(NCc2nnc(-c3cccc(C)c3)o2)C(C)C)cc1. The summed E-state index contributed by atoms with van der Waals surface area (Å²) in [4.78, 5) is 0. The molecule has 1 aromatic heterocycles. The molecule has 0 aliphatic carbocycles. The van der Waals surface area contributed by atoms with Gasteiger partial charge in [0, 0.05) is 11.6 Å². The monoisotopic (exact) mass is 349 g/mol. The molecule has 0 fully saturated rings. The topological polar surface area (TPSA) is 51.0 Å². The normalized spacial score (nSPS) is 12.5. The van der Waals surface area contributed by atoms with Crippen LogP contribution in [0.4, 0.5) is 0 Å². The number of benzene rings is 2. The zero-order valence-corrected chi connectivity index (χ0v) is 16.0. The van der Waals surface area contributed by atoms with Gasteiger partial charge in [0.1, 0.15) is 0 Å². The maximum Gasteiger partial charge on any atom is 0.247 e. The lowest BCUT2D eigenvalue weighted by Gasteiger charge is -2.22. The molecule has 0 spiro atoms. The summed E-state index contributed by atoms with van der Waals surface area (Å²) in [5, 5.41) is 12.0. The fourth-order valence-electron chi connectivity index (χ4n) is 3.12. The van der Waals surface area contributed by atoms with E-state index in [9.17, 15) is 0 Å². The van der Waals surface area contributed by atoms with E-state index in [1.807, 2.05) is 12.1 Å². The van der Waals surface area contributed by atoms with Gasteiger partial charge < -0.3 is 9.73 Å². The highest BCUT2D eigenvalue weighted by molar-refractivity contribution is 5.53. The molecule has 136 valence electrons. The third kappa shape index (κ3) is 4.38. The van der Waals surface area contributed by atoms with E-state index < -0.39 is 0 Å². The van der Waals surface area contributed by atoms with Gasteiger partial charge in [0.05, 0.1) is 6.54 Å². The van der Waals surface area contributed by atoms with Gasteiger partial charge in [-0.3, -0.25) is 0 Å². The molecule has 1 heterocycles. The predicted molar refractivity (Wildman–Crippen MR) is 105 cm³/mol. The molecule has 1 N–H and O–H groups in total. The number of aromatic nitrogens is 2. The zero-order valence-electron chi connectivity index (χ0n) is 16.0. The van der Waals surface area contributed by atoms with E-state index >= 15 is 0 Å². The Labute approximate surface area is 155 Å². The largest absolute Gasteiger partial charge is 0.419 e. The predicted octanol–water partition coefficient (Wildman–Crippen LogP) is 5.09. The molecule has 1 atom stereocenters. The van der Waals surface area contributed by atoms with Crippen LogP contribution in [0.2, 0.25) is 0 Å². The average Bonchev–Trinajstić information content (AvgIpc) is 3.11. The Morgan fingerprint density at radius 2 is 1.81 bits per heavy atom. The third-order valence-corrected chi connectivity index (χ3v) is 4.62. The van der Waals surface area contributed by atoms with Gasteiger partial charge in [0.2, 0.25) is 11.8 Å². The summed E-state index contributed by atoms with van der Waals surface area (Å²) in [6, 6.07) is 17.2. The first-order chi connectivity index (χ1) is 12.6. The first-order valence-electron chi connectivity index (χ1n) is 9.28. The van der Waals surface area contributed by atoms with Crippen molar-refractivity contribution in [3.8, 4) is 11.5 Å². The summed E-state index contributed by atoms with van der Waals surface area (Å²) in [5.74, 6) is 1.64. The third-order valence-electron chi connectivity index (χ3n) is 4.62. The van der Waals surface area contributed by atoms with Gasteiger partial charge in [-0.1, -0.05) is 62.7 Å². The van der Waals surface area contributed by atoms with E-state index in [-0.39, 0.29) is 6.04 Å². The molecule has 0 saturated carbocycles. The van der Waals surface area contributed by atoms with E-state index in [1.165, 1.54) is 16.7 Å². The smallest absolute Gasteiger partial charge is 0.247 e. The number of aryl methyl sites for hydroxylation is 2. The van der Waals surface area contributed by atoms with Crippen molar-refractivity contribution in [1.29, 1.82) is 0 Å². The van der Waals surface area contributed by atoms with E-state index in [0.717, 1.165) is 12.0 Å². The summed E-state index contributed by atoms with van der Waals surface area (Å²) in [6.45, 7) is 9.22. The van der Waals surface area contributed by atoms with Crippen molar-refractivity contribution in [3.63, 3.8) is 0 Å². The zero-order chi connectivity index (χ0) is 18.5. The second-order valence-corrected chi connectivity index (χ2v) is 7.07. The Morgan fingerprint density at radius 3 is 2.46 bits per heavy atom. The molecule has 3 aromatic rings. The van der Waals surface area contributed by atoms with Gasteiger partial charge in [-0.25, -0.2) is 0 Å². The van der Waals surface area contributed by atoms with Crippen LogP contribution < -0.4 is 5.32 Å². The molecule has 4 heteroatoms. The van der Waals surface area contributed by atoms with Gasteiger partial charge in [-0.15, -0.1) is 10.2 Å². The van der Waals surface area contributed by atoms with Crippen LogP contribution in [0, 0.1) is 12.8 Å². The molecule has 3 rings (SSSR count). The maximum atomic E-state index is 5.84. The molecular weight excluding hydrogens is 322 g/mol. The average molecular weight is 349 g/mol. The first-order valence-corrected chi connectivity index (χ1v) is 9.28. The molecule has 0 aliphatic rings. The highest BCUT2D eigenvalue weighted by Crippen LogP contribution is 2.23. The molecule has 0 amide bonds. The van der Waals surface area contributed by atoms with Gasteiger partial charge >= 0.3 is 0 Å². The summed E-state index contributed by atoms with van der Waals surface area (Å²) in [5.41, 5.74) is 4.78. The van der Waals surface area contributed by atoms with E-state index in [1.54, 1.807) is 0 Å². The van der Waals surface area contributed by atoms with Crippen molar-refractivity contribution in [1.82, 2.24) is 15.5 Å². The molecule has 4 nitrogen and oxygen atoms in total. The highest BCUT2D eigenvalue weighted by Gasteiger charge is 2.17. The maximum absolute atomic E-state index is 5.84. The fourth-order valence-corrected chi connectivity index (χ4v) is 3.12. The summed E-state index contributed by atoms with van der Waals surface area (Å²) < 4.78 is 5.84. The molecule has 0 bridgehead atoms. The molecule has 0 saturated heterocycles. The minimum atomic E-state index is 0.246. The molecular formula is C22H27N3O. The van der Waals surface area contributed by atoms with Gasteiger partial charge in [-0.05, 0) is 42.5 Å². The Bertz CT molecular complexity index is 837. The Kier molecular flexibility index (Phi) is 5.84. The lowest BCUT2D eigenvalue weighted by atomic mass is 9.95. The van der Waals surface area contributed by atoms with Crippen LogP contribution in [0.3, 0.4) is 0 Å². The van der Waals surface area contributed by atoms with Crippen LogP contribution in [-0.2, 0) is 13.0 Å². The van der Waals surface area contributed by atoms with Crippen LogP contribution in [0.1, 0.15) is 49.4 Å². The van der Waals surface area contributed by atoms with Crippen molar-refractivity contribution in [3.05, 3.63) is 71.1 Å². The lowest BCUT2D eigenvalue weighted by Crippen LogP contribution is -2.25. The minimum Gasteiger partial charge on any atom is -0.419 e. The Hall–Kier alpha value is -2.46. The highest BCUT2D eigenvalue weighted by atomic mass is 16.4. The molecule has 2 aromatic carbocycles. The van der Waals surface area contributed by atoms with Gasteiger partial charge in [0.25, 0.3) is 0 Å². The Balaban J connectivity index is 1.69. The summed E-state index contributed by atoms with van der Waals surface area (Å²) in [6.07, 6.45) is 1.06. The molecule has 26 heavy (non-hydrogen) atoms. The van der Waals surface area contributed by atoms with Crippen molar-refractivity contribution in [2.24, 2.45) is 5.92 Å². The van der Waals surface area contributed by atoms with Crippen LogP contribution in [0.25, 0.3) is 11.5 Å². The van der Waals surface area contributed by atoms with E-state index in [0.29, 0.717) is 24.2 Å². The van der Waals surface area contributed by atoms with E-state index in [4.69, 9.17) is 4.42 Å². The summed E-state index contributed by atoms with van der Waals surface area (Å²) in [7, 11) is 0. The van der Waals surface area contributed by atoms with Crippen molar-refractivity contribution in [2.75, 3.05) is 0 Å². The van der Waals surface area contributed by atoms with Crippen LogP contribution in [0.5, 0.6) is 0 Å². The van der Waals surface area contributed by atoms with Crippen LogP contribution in [-0.4, -0.2) is 10.2 Å². The second kappa shape index (κ2) is 8.28. The second-order valence-electron chi connectivity index (χ2n) is 7.07. The quantitative estimate of drug-likeness (QED) is 0.645. The Morgan fingerprint density at radius 1 is 1.04 bits per heavy atom. The van der Waals surface area contributed by atoms with Crippen LogP contribution in [0.15, 0.2) is 52.9 Å². The standard InChI is InChI=1S/C22H27N3O/c1-5-17-9-11-18(12-10-17)21(15(2)3)23-14-20-24-25-22(26-20)19-8-6-7-16(4)13-19/h6-13,15,21,23H,5,14H2,1-4H3. The van der Waals surface area contributed by atoms with Crippen LogP contribution >= 0.6 is 0 Å². The number of rotatable bonds is 7. The number of nitrogens with one attached hydrogen (secondary N) is 1. The number of nitrogens with zero attached hydrogens (tertiary/aromatic N) is 2. The molecule has 0 aliphatic heterocycles. The number of hydrogen-bond acceptors (Lipinski definition) is 4. The van der Waals surface area contributed by atoms with Gasteiger partial charge in [-0.2, -0.15) is 0 Å². The van der Waals surface area contributed by atoms with Crippen molar-refractivity contribution in [2.45, 2.75) is 46.7 Å². The summed E-state index contributed by atoms with van der Waals surface area (Å²) >= 11 is 0. The molecule has 1 unspecified atom stereocenters. The van der Waals surface area contributed by atoms with Crippen molar-refractivity contribution >= 4 is 0 Å². The first kappa shape index (κ1) is 18.3. The molecule has 0 radical (unpaired) electrons. The lowest BCUT2D eigenvalue weighted by molar-refractivity contribution is 0.380. The van der Waals surface area contributed by atoms with Gasteiger partial charge in [0.15, 0.2) is 0 Å². The fraction of sp³-hybridized carbons (Fsp3) is 0.364. The van der Waals surface area contributed by atoms with E-state index in [2.05, 4.69) is 79.6 Å². The minimum absolute atomic E-state index is 0.246. The van der Waals surface area contributed by atoms with Crippen molar-refractivity contribution < 1.29 is 4.42 Å².